The number of amides is 1. The number of hydrogen-bond acceptors (Lipinski definition) is 4. The topological polar surface area (TPSA) is 59.2 Å². The van der Waals surface area contributed by atoms with Crippen molar-refractivity contribution in [1.29, 1.82) is 0 Å². The molecule has 0 unspecified atom stereocenters. The molecule has 0 aliphatic rings. The van der Waals surface area contributed by atoms with Gasteiger partial charge in [0.2, 0.25) is 0 Å². The van der Waals surface area contributed by atoms with Crippen molar-refractivity contribution in [3.05, 3.63) is 40.3 Å². The van der Waals surface area contributed by atoms with Gasteiger partial charge in [-0.05, 0) is 35.0 Å². The molecule has 5 nitrogen and oxygen atoms in total. The van der Waals surface area contributed by atoms with E-state index in [9.17, 15) is 4.79 Å². The van der Waals surface area contributed by atoms with Crippen molar-refractivity contribution in [2.75, 3.05) is 11.9 Å². The lowest BCUT2D eigenvalue weighted by Crippen LogP contribution is -2.27. The quantitative estimate of drug-likeness (QED) is 0.854. The van der Waals surface area contributed by atoms with Crippen LogP contribution in [0.2, 0.25) is 0 Å². The smallest absolute Gasteiger partial charge is 0.281 e. The van der Waals surface area contributed by atoms with Crippen LogP contribution in [0.3, 0.4) is 0 Å². The van der Waals surface area contributed by atoms with Crippen molar-refractivity contribution in [3.8, 4) is 0 Å². The fourth-order valence-corrected chi connectivity index (χ4v) is 1.88. The van der Waals surface area contributed by atoms with Gasteiger partial charge >= 0.3 is 0 Å². The number of hydrogen-bond donors (Lipinski definition) is 0. The summed E-state index contributed by atoms with van der Waals surface area (Å²) in [5, 5.41) is 3.68. The SMILES string of the molecule is Cc1cc(C(=O)N(C)c2ncccc2Br)no1. The highest BCUT2D eigenvalue weighted by molar-refractivity contribution is 9.10. The number of rotatable bonds is 2. The Bertz CT molecular complexity index is 553. The first-order valence-electron chi connectivity index (χ1n) is 4.91. The van der Waals surface area contributed by atoms with E-state index < -0.39 is 0 Å². The molecule has 6 heteroatoms. The lowest BCUT2D eigenvalue weighted by Gasteiger charge is -2.15. The number of carbonyl (C=O) groups is 1. The van der Waals surface area contributed by atoms with E-state index in [0.717, 1.165) is 4.47 Å². The Balaban J connectivity index is 2.29. The van der Waals surface area contributed by atoms with Crippen molar-refractivity contribution >= 4 is 27.7 Å². The highest BCUT2D eigenvalue weighted by Gasteiger charge is 2.19. The van der Waals surface area contributed by atoms with Gasteiger partial charge in [-0.25, -0.2) is 4.98 Å². The second-order valence-corrected chi connectivity index (χ2v) is 4.35. The van der Waals surface area contributed by atoms with Gasteiger partial charge in [0.15, 0.2) is 5.69 Å². The monoisotopic (exact) mass is 295 g/mol. The Hall–Kier alpha value is -1.69. The van der Waals surface area contributed by atoms with Gasteiger partial charge in [-0.1, -0.05) is 5.16 Å². The molecule has 0 aliphatic heterocycles. The summed E-state index contributed by atoms with van der Waals surface area (Å²) >= 11 is 3.34. The van der Waals surface area contributed by atoms with E-state index in [-0.39, 0.29) is 11.6 Å². The van der Waals surface area contributed by atoms with Gasteiger partial charge in [0.05, 0.1) is 4.47 Å². The molecule has 0 aromatic carbocycles. The van der Waals surface area contributed by atoms with Crippen LogP contribution in [-0.2, 0) is 0 Å². The van der Waals surface area contributed by atoms with E-state index in [1.807, 2.05) is 6.07 Å². The highest BCUT2D eigenvalue weighted by Crippen LogP contribution is 2.23. The van der Waals surface area contributed by atoms with E-state index in [4.69, 9.17) is 4.52 Å². The van der Waals surface area contributed by atoms with E-state index in [2.05, 4.69) is 26.1 Å². The first kappa shape index (κ1) is 11.8. The molecule has 17 heavy (non-hydrogen) atoms. The Morgan fingerprint density at radius 1 is 1.53 bits per heavy atom. The molecule has 2 rings (SSSR count). The number of aryl methyl sites for hydroxylation is 1. The van der Waals surface area contributed by atoms with Gasteiger partial charge in [-0.3, -0.25) is 9.69 Å². The van der Waals surface area contributed by atoms with Crippen LogP contribution in [0.5, 0.6) is 0 Å². The van der Waals surface area contributed by atoms with Gasteiger partial charge in [-0.15, -0.1) is 0 Å². The zero-order valence-corrected chi connectivity index (χ0v) is 10.9. The molecule has 88 valence electrons. The van der Waals surface area contributed by atoms with Crippen molar-refractivity contribution in [2.45, 2.75) is 6.92 Å². The summed E-state index contributed by atoms with van der Waals surface area (Å²) in [5.41, 5.74) is 0.266. The summed E-state index contributed by atoms with van der Waals surface area (Å²) in [5.74, 6) is 0.876. The first-order chi connectivity index (χ1) is 8.09. The molecular weight excluding hydrogens is 286 g/mol. The van der Waals surface area contributed by atoms with Gasteiger partial charge < -0.3 is 4.52 Å². The van der Waals surface area contributed by atoms with E-state index in [1.165, 1.54) is 4.90 Å². The highest BCUT2D eigenvalue weighted by atomic mass is 79.9. The molecule has 0 radical (unpaired) electrons. The van der Waals surface area contributed by atoms with Crippen molar-refractivity contribution in [3.63, 3.8) is 0 Å². The molecular formula is C11H10BrN3O2. The third-order valence-corrected chi connectivity index (χ3v) is 2.83. The zero-order chi connectivity index (χ0) is 12.4. The summed E-state index contributed by atoms with van der Waals surface area (Å²) in [6.45, 7) is 1.74. The fourth-order valence-electron chi connectivity index (χ4n) is 1.36. The van der Waals surface area contributed by atoms with Crippen LogP contribution >= 0.6 is 15.9 Å². The van der Waals surface area contributed by atoms with Crippen molar-refractivity contribution in [1.82, 2.24) is 10.1 Å². The minimum atomic E-state index is -0.263. The molecule has 0 aliphatic carbocycles. The number of anilines is 1. The normalized spacial score (nSPS) is 10.3. The van der Waals surface area contributed by atoms with Crippen LogP contribution in [0.15, 0.2) is 33.4 Å². The third-order valence-electron chi connectivity index (χ3n) is 2.21. The van der Waals surface area contributed by atoms with Crippen LogP contribution in [-0.4, -0.2) is 23.1 Å². The van der Waals surface area contributed by atoms with Crippen LogP contribution in [0, 0.1) is 6.92 Å². The molecule has 0 fully saturated rings. The number of aromatic nitrogens is 2. The average molecular weight is 296 g/mol. The summed E-state index contributed by atoms with van der Waals surface area (Å²) < 4.78 is 5.62. The summed E-state index contributed by atoms with van der Waals surface area (Å²) in [6, 6.07) is 5.20. The van der Waals surface area contributed by atoms with E-state index in [0.29, 0.717) is 11.6 Å². The molecule has 1 amide bonds. The van der Waals surface area contributed by atoms with Gasteiger partial charge in [0, 0.05) is 19.3 Å². The predicted molar refractivity (Wildman–Crippen MR) is 65.9 cm³/mol. The van der Waals surface area contributed by atoms with Gasteiger partial charge in [0.1, 0.15) is 11.6 Å². The Morgan fingerprint density at radius 2 is 2.29 bits per heavy atom. The lowest BCUT2D eigenvalue weighted by atomic mass is 10.3. The number of pyridine rings is 1. The van der Waals surface area contributed by atoms with Crippen LogP contribution in [0.25, 0.3) is 0 Å². The minimum absolute atomic E-state index is 0.263. The second kappa shape index (κ2) is 4.67. The zero-order valence-electron chi connectivity index (χ0n) is 9.35. The summed E-state index contributed by atoms with van der Waals surface area (Å²) in [7, 11) is 1.64. The summed E-state index contributed by atoms with van der Waals surface area (Å²) in [6.07, 6.45) is 1.62. The second-order valence-electron chi connectivity index (χ2n) is 3.50. The number of halogens is 1. The third kappa shape index (κ3) is 2.36. The largest absolute Gasteiger partial charge is 0.361 e. The minimum Gasteiger partial charge on any atom is -0.361 e. The average Bonchev–Trinajstić information content (AvgIpc) is 2.75. The molecule has 2 aromatic rings. The van der Waals surface area contributed by atoms with Crippen LogP contribution in [0.4, 0.5) is 5.82 Å². The van der Waals surface area contributed by atoms with Gasteiger partial charge in [0.25, 0.3) is 5.91 Å². The van der Waals surface area contributed by atoms with E-state index >= 15 is 0 Å². The van der Waals surface area contributed by atoms with Crippen molar-refractivity contribution < 1.29 is 9.32 Å². The van der Waals surface area contributed by atoms with Crippen LogP contribution in [0.1, 0.15) is 16.2 Å². The molecule has 2 heterocycles. The predicted octanol–water partition coefficient (Wildman–Crippen LogP) is 2.42. The molecule has 0 saturated carbocycles. The number of carbonyl (C=O) groups excluding carboxylic acids is 1. The molecule has 0 saturated heterocycles. The Labute approximate surface area is 107 Å². The lowest BCUT2D eigenvalue weighted by molar-refractivity contribution is 0.0983. The first-order valence-corrected chi connectivity index (χ1v) is 5.71. The number of nitrogens with zero attached hydrogens (tertiary/aromatic N) is 3. The molecule has 0 atom stereocenters. The van der Waals surface area contributed by atoms with Crippen LogP contribution < -0.4 is 4.90 Å². The maximum Gasteiger partial charge on any atom is 0.281 e. The Morgan fingerprint density at radius 3 is 2.88 bits per heavy atom. The molecule has 0 spiro atoms. The standard InChI is InChI=1S/C11H10BrN3O2/c1-7-6-9(14-17-7)11(16)15(2)10-8(12)4-3-5-13-10/h3-6H,1-2H3. The fraction of sp³-hybridized carbons (Fsp3) is 0.182. The van der Waals surface area contributed by atoms with E-state index in [1.54, 1.807) is 32.3 Å². The Kier molecular flexibility index (Phi) is 3.23. The maximum absolute atomic E-state index is 12.1. The summed E-state index contributed by atoms with van der Waals surface area (Å²) in [4.78, 5) is 17.6. The molecule has 0 bridgehead atoms. The van der Waals surface area contributed by atoms with Crippen molar-refractivity contribution in [2.24, 2.45) is 0 Å². The molecule has 0 N–H and O–H groups in total. The maximum atomic E-state index is 12.1. The van der Waals surface area contributed by atoms with Gasteiger partial charge in [-0.2, -0.15) is 0 Å². The molecule has 2 aromatic heterocycles.